The first kappa shape index (κ1) is 17.7. The first-order valence-corrected chi connectivity index (χ1v) is 6.43. The summed E-state index contributed by atoms with van der Waals surface area (Å²) in [5, 5.41) is 8.47. The van der Waals surface area contributed by atoms with Crippen molar-refractivity contribution in [1.82, 2.24) is 0 Å². The van der Waals surface area contributed by atoms with Gasteiger partial charge in [0.2, 0.25) is 0 Å². The third-order valence-electron chi connectivity index (χ3n) is 1.60. The number of rotatable bonds is 5. The van der Waals surface area contributed by atoms with E-state index in [1.54, 1.807) is 13.0 Å². The van der Waals surface area contributed by atoms with Crippen molar-refractivity contribution in [2.24, 2.45) is 0 Å². The predicted molar refractivity (Wildman–Crippen MR) is 59.8 cm³/mol. The zero-order valence-corrected chi connectivity index (χ0v) is 10.4. The maximum absolute atomic E-state index is 10.3. The fraction of sp³-hybridized carbons (Fsp3) is 0.667. The van der Waals surface area contributed by atoms with Gasteiger partial charge in [-0.3, -0.25) is 0 Å². The van der Waals surface area contributed by atoms with Crippen LogP contribution in [-0.2, 0) is 9.36 Å². The van der Waals surface area contributed by atoms with Crippen molar-refractivity contribution in [3.05, 3.63) is 11.6 Å². The van der Waals surface area contributed by atoms with Crippen molar-refractivity contribution in [1.29, 1.82) is 0 Å². The minimum Gasteiger partial charge on any atom is -0.478 e. The van der Waals surface area contributed by atoms with Crippen LogP contribution in [0.2, 0.25) is 0 Å². The summed E-state index contributed by atoms with van der Waals surface area (Å²) >= 11 is 0. The number of hydrogen-bond donors (Lipinski definition) is 4. The Hall–Kier alpha value is -0.680. The summed E-state index contributed by atoms with van der Waals surface area (Å²) in [4.78, 5) is 31.9. The van der Waals surface area contributed by atoms with Gasteiger partial charge in [-0.15, -0.1) is 0 Å². The molecule has 0 aromatic rings. The summed E-state index contributed by atoms with van der Waals surface area (Å²) in [7, 11) is -4.64. The highest BCUT2D eigenvalue weighted by Gasteiger charge is 2.00. The van der Waals surface area contributed by atoms with Crippen LogP contribution >= 0.6 is 7.82 Å². The number of phosphoric acid groups is 1. The Kier molecular flexibility index (Phi) is 10.6. The van der Waals surface area contributed by atoms with E-state index in [4.69, 9.17) is 24.4 Å². The Morgan fingerprint density at radius 3 is 2.00 bits per heavy atom. The smallest absolute Gasteiger partial charge is 0.466 e. The van der Waals surface area contributed by atoms with E-state index in [0.717, 1.165) is 12.8 Å². The molecule has 0 aromatic carbocycles. The SMILES string of the molecule is CCCCCC=C(C)C(=O)O.O=P(O)(O)O. The Morgan fingerprint density at radius 2 is 1.69 bits per heavy atom. The third-order valence-corrected chi connectivity index (χ3v) is 1.60. The number of allylic oxidation sites excluding steroid dienone is 1. The summed E-state index contributed by atoms with van der Waals surface area (Å²) in [6, 6.07) is 0. The van der Waals surface area contributed by atoms with Gasteiger partial charge in [-0.2, -0.15) is 0 Å². The molecule has 0 aliphatic heterocycles. The molecule has 0 amide bonds. The molecule has 0 aliphatic carbocycles. The van der Waals surface area contributed by atoms with E-state index in [2.05, 4.69) is 6.92 Å². The Morgan fingerprint density at radius 1 is 1.25 bits per heavy atom. The van der Waals surface area contributed by atoms with Gasteiger partial charge in [-0.1, -0.05) is 25.8 Å². The van der Waals surface area contributed by atoms with Crippen LogP contribution in [0.4, 0.5) is 0 Å². The number of carboxylic acids is 1. The molecule has 0 aromatic heterocycles. The molecule has 0 spiro atoms. The lowest BCUT2D eigenvalue weighted by Crippen LogP contribution is -1.95. The fourth-order valence-corrected chi connectivity index (χ4v) is 0.800. The summed E-state index contributed by atoms with van der Waals surface area (Å²) in [6.45, 7) is 3.77. The lowest BCUT2D eigenvalue weighted by Gasteiger charge is -1.93. The molecular weight excluding hydrogens is 235 g/mol. The lowest BCUT2D eigenvalue weighted by atomic mass is 10.1. The largest absolute Gasteiger partial charge is 0.478 e. The Balaban J connectivity index is 0. The van der Waals surface area contributed by atoms with Crippen LogP contribution in [0.5, 0.6) is 0 Å². The van der Waals surface area contributed by atoms with Gasteiger partial charge < -0.3 is 19.8 Å². The van der Waals surface area contributed by atoms with E-state index in [1.165, 1.54) is 12.8 Å². The van der Waals surface area contributed by atoms with E-state index in [0.29, 0.717) is 5.57 Å². The van der Waals surface area contributed by atoms with Crippen molar-refractivity contribution < 1.29 is 29.1 Å². The number of carboxylic acid groups (broad SMARTS) is 1. The minimum absolute atomic E-state index is 0.459. The normalized spacial score (nSPS) is 11.7. The molecular formula is C9H19O6P. The van der Waals surface area contributed by atoms with Crippen LogP contribution < -0.4 is 0 Å². The molecule has 0 radical (unpaired) electrons. The topological polar surface area (TPSA) is 115 Å². The van der Waals surface area contributed by atoms with Gasteiger partial charge in [-0.25, -0.2) is 9.36 Å². The molecule has 0 rings (SSSR count). The van der Waals surface area contributed by atoms with Crippen molar-refractivity contribution >= 4 is 13.8 Å². The molecule has 0 unspecified atom stereocenters. The average molecular weight is 254 g/mol. The van der Waals surface area contributed by atoms with Gasteiger partial charge in [0, 0.05) is 5.57 Å². The highest BCUT2D eigenvalue weighted by Crippen LogP contribution is 2.25. The van der Waals surface area contributed by atoms with E-state index < -0.39 is 13.8 Å². The van der Waals surface area contributed by atoms with E-state index in [-0.39, 0.29) is 0 Å². The van der Waals surface area contributed by atoms with Crippen LogP contribution in [-0.4, -0.2) is 25.8 Å². The number of carbonyl (C=O) groups is 1. The number of aliphatic carboxylic acids is 1. The van der Waals surface area contributed by atoms with Gasteiger partial charge in [0.05, 0.1) is 0 Å². The second-order valence-electron chi connectivity index (χ2n) is 3.20. The third kappa shape index (κ3) is 23.3. The number of hydrogen-bond acceptors (Lipinski definition) is 2. The molecule has 0 saturated carbocycles. The van der Waals surface area contributed by atoms with Gasteiger partial charge in [0.25, 0.3) is 0 Å². The minimum atomic E-state index is -4.64. The molecule has 0 fully saturated rings. The van der Waals surface area contributed by atoms with Gasteiger partial charge in [-0.05, 0) is 19.8 Å². The van der Waals surface area contributed by atoms with Crippen molar-refractivity contribution in [3.8, 4) is 0 Å². The van der Waals surface area contributed by atoms with Crippen LogP contribution in [0.25, 0.3) is 0 Å². The first-order chi connectivity index (χ1) is 7.18. The molecule has 0 aliphatic rings. The van der Waals surface area contributed by atoms with E-state index >= 15 is 0 Å². The highest BCUT2D eigenvalue weighted by atomic mass is 31.2. The standard InChI is InChI=1S/C9H16O2.H3O4P/c1-3-4-5-6-7-8(2)9(10)11;1-5(2,3)4/h7H,3-6H2,1-2H3,(H,10,11);(H3,1,2,3,4). The maximum Gasteiger partial charge on any atom is 0.466 e. The predicted octanol–water partition coefficient (Wildman–Crippen LogP) is 1.67. The van der Waals surface area contributed by atoms with E-state index in [1.807, 2.05) is 0 Å². The van der Waals surface area contributed by atoms with Gasteiger partial charge >= 0.3 is 13.8 Å². The molecule has 0 atom stereocenters. The summed E-state index contributed by atoms with van der Waals surface area (Å²) in [6.07, 6.45) is 6.15. The van der Waals surface area contributed by atoms with Crippen molar-refractivity contribution in [2.45, 2.75) is 39.5 Å². The van der Waals surface area contributed by atoms with Gasteiger partial charge in [0.1, 0.15) is 0 Å². The van der Waals surface area contributed by atoms with Gasteiger partial charge in [0.15, 0.2) is 0 Å². The first-order valence-electron chi connectivity index (χ1n) is 4.86. The van der Waals surface area contributed by atoms with Crippen molar-refractivity contribution in [2.75, 3.05) is 0 Å². The van der Waals surface area contributed by atoms with Crippen LogP contribution in [0.15, 0.2) is 11.6 Å². The highest BCUT2D eigenvalue weighted by molar-refractivity contribution is 7.45. The molecule has 96 valence electrons. The molecule has 0 heterocycles. The Labute approximate surface area is 94.9 Å². The summed E-state index contributed by atoms with van der Waals surface area (Å²) in [5.74, 6) is -0.804. The quantitative estimate of drug-likeness (QED) is 0.337. The molecule has 6 nitrogen and oxygen atoms in total. The molecule has 0 saturated heterocycles. The number of unbranched alkanes of at least 4 members (excludes halogenated alkanes) is 3. The maximum atomic E-state index is 10.3. The second kappa shape index (κ2) is 9.54. The van der Waals surface area contributed by atoms with Crippen molar-refractivity contribution in [3.63, 3.8) is 0 Å². The molecule has 0 bridgehead atoms. The zero-order valence-electron chi connectivity index (χ0n) is 9.46. The molecule has 16 heavy (non-hydrogen) atoms. The fourth-order valence-electron chi connectivity index (χ4n) is 0.800. The lowest BCUT2D eigenvalue weighted by molar-refractivity contribution is -0.132. The molecule has 4 N–H and O–H groups in total. The van der Waals surface area contributed by atoms with Crippen LogP contribution in [0, 0.1) is 0 Å². The Bertz CT molecular complexity index is 259. The zero-order chi connectivity index (χ0) is 13.2. The van der Waals surface area contributed by atoms with E-state index in [9.17, 15) is 4.79 Å². The van der Waals surface area contributed by atoms with Crippen LogP contribution in [0.3, 0.4) is 0 Å². The monoisotopic (exact) mass is 254 g/mol. The average Bonchev–Trinajstić information content (AvgIpc) is 2.09. The molecule has 7 heteroatoms. The summed E-state index contributed by atoms with van der Waals surface area (Å²) in [5.41, 5.74) is 0.459. The summed E-state index contributed by atoms with van der Waals surface area (Å²) < 4.78 is 8.88. The van der Waals surface area contributed by atoms with Crippen LogP contribution in [0.1, 0.15) is 39.5 Å². The second-order valence-corrected chi connectivity index (χ2v) is 4.23.